The molecule has 0 amide bonds. The SMILES string of the molecule is Fc1ccc2c(c1)c1ccccc1n2C1CCCCC1.O=S(O)O. The molecule has 0 radical (unpaired) electrons. The topological polar surface area (TPSA) is 62.5 Å². The van der Waals surface area contributed by atoms with Gasteiger partial charge in [-0.1, -0.05) is 37.5 Å². The highest BCUT2D eigenvalue weighted by Gasteiger charge is 2.20. The van der Waals surface area contributed by atoms with Crippen LogP contribution in [0.1, 0.15) is 38.1 Å². The van der Waals surface area contributed by atoms with Gasteiger partial charge in [0.25, 0.3) is 11.4 Å². The molecule has 0 aliphatic heterocycles. The molecule has 0 unspecified atom stereocenters. The van der Waals surface area contributed by atoms with Crippen LogP contribution in [-0.2, 0) is 11.4 Å². The third-order valence-corrected chi connectivity index (χ3v) is 4.61. The van der Waals surface area contributed by atoms with Crippen molar-refractivity contribution in [2.75, 3.05) is 0 Å². The molecule has 4 nitrogen and oxygen atoms in total. The number of benzene rings is 2. The lowest BCUT2D eigenvalue weighted by Gasteiger charge is -2.25. The van der Waals surface area contributed by atoms with E-state index in [0.29, 0.717) is 6.04 Å². The van der Waals surface area contributed by atoms with Gasteiger partial charge in [0.05, 0.1) is 0 Å². The summed E-state index contributed by atoms with van der Waals surface area (Å²) in [5.41, 5.74) is 2.43. The fraction of sp³-hybridized carbons (Fsp3) is 0.333. The smallest absolute Gasteiger partial charge is 0.299 e. The van der Waals surface area contributed by atoms with Crippen LogP contribution < -0.4 is 0 Å². The van der Waals surface area contributed by atoms with Crippen molar-refractivity contribution in [3.63, 3.8) is 0 Å². The minimum Gasteiger partial charge on any atom is -0.337 e. The van der Waals surface area contributed by atoms with Crippen LogP contribution in [0.25, 0.3) is 21.8 Å². The van der Waals surface area contributed by atoms with Gasteiger partial charge in [0, 0.05) is 27.8 Å². The molecule has 1 fully saturated rings. The lowest BCUT2D eigenvalue weighted by atomic mass is 9.95. The van der Waals surface area contributed by atoms with Gasteiger partial charge < -0.3 is 4.57 Å². The molecule has 128 valence electrons. The Labute approximate surface area is 142 Å². The molecule has 1 aromatic heterocycles. The fourth-order valence-corrected chi connectivity index (χ4v) is 3.71. The summed E-state index contributed by atoms with van der Waals surface area (Å²) in [7, 11) is 0. The average molecular weight is 349 g/mol. The van der Waals surface area contributed by atoms with Gasteiger partial charge in [0.1, 0.15) is 5.82 Å². The number of rotatable bonds is 1. The number of nitrogens with zero attached hydrogens (tertiary/aromatic N) is 1. The van der Waals surface area contributed by atoms with Crippen molar-refractivity contribution < 1.29 is 17.7 Å². The van der Waals surface area contributed by atoms with E-state index in [9.17, 15) is 4.39 Å². The van der Waals surface area contributed by atoms with Crippen molar-refractivity contribution in [3.8, 4) is 0 Å². The molecule has 1 heterocycles. The highest BCUT2D eigenvalue weighted by atomic mass is 32.2. The zero-order valence-corrected chi connectivity index (χ0v) is 14.0. The molecule has 0 atom stereocenters. The number of halogens is 1. The molecule has 0 bridgehead atoms. The van der Waals surface area contributed by atoms with E-state index in [-0.39, 0.29) is 5.82 Å². The van der Waals surface area contributed by atoms with E-state index in [0.717, 1.165) is 5.39 Å². The number of hydrogen-bond donors (Lipinski definition) is 2. The van der Waals surface area contributed by atoms with Gasteiger partial charge in [-0.15, -0.1) is 0 Å². The monoisotopic (exact) mass is 349 g/mol. The van der Waals surface area contributed by atoms with Crippen molar-refractivity contribution in [3.05, 3.63) is 48.3 Å². The molecule has 2 aromatic carbocycles. The zero-order valence-electron chi connectivity index (χ0n) is 13.2. The quantitative estimate of drug-likeness (QED) is 0.599. The van der Waals surface area contributed by atoms with Crippen LogP contribution in [0, 0.1) is 5.82 Å². The van der Waals surface area contributed by atoms with Gasteiger partial charge in [-0.05, 0) is 37.1 Å². The van der Waals surface area contributed by atoms with Crippen LogP contribution in [0.2, 0.25) is 0 Å². The van der Waals surface area contributed by atoms with E-state index in [1.165, 1.54) is 48.5 Å². The second kappa shape index (κ2) is 7.42. The van der Waals surface area contributed by atoms with E-state index in [4.69, 9.17) is 13.3 Å². The van der Waals surface area contributed by atoms with Crippen LogP contribution >= 0.6 is 0 Å². The first-order valence-electron chi connectivity index (χ1n) is 8.06. The summed E-state index contributed by atoms with van der Waals surface area (Å²) in [6.45, 7) is 0. The van der Waals surface area contributed by atoms with E-state index < -0.39 is 11.4 Å². The molecule has 1 saturated carbocycles. The predicted octanol–water partition coefficient (Wildman–Crippen LogP) is 5.12. The number of hydrogen-bond acceptors (Lipinski definition) is 1. The van der Waals surface area contributed by atoms with Crippen molar-refractivity contribution in [1.29, 1.82) is 0 Å². The Hall–Kier alpha value is -1.76. The number of aromatic nitrogens is 1. The van der Waals surface area contributed by atoms with Gasteiger partial charge in [0.2, 0.25) is 0 Å². The molecule has 0 spiro atoms. The number of para-hydroxylation sites is 1. The Morgan fingerprint density at radius 1 is 0.958 bits per heavy atom. The van der Waals surface area contributed by atoms with Gasteiger partial charge in [0.15, 0.2) is 0 Å². The van der Waals surface area contributed by atoms with Crippen molar-refractivity contribution in [1.82, 2.24) is 4.57 Å². The summed E-state index contributed by atoms with van der Waals surface area (Å²) in [5, 5.41) is 2.22. The molecular weight excluding hydrogens is 329 g/mol. The summed E-state index contributed by atoms with van der Waals surface area (Å²) in [4.78, 5) is 0. The highest BCUT2D eigenvalue weighted by molar-refractivity contribution is 7.73. The molecule has 1 aliphatic rings. The maximum atomic E-state index is 13.6. The third-order valence-electron chi connectivity index (χ3n) is 4.61. The van der Waals surface area contributed by atoms with E-state index in [1.54, 1.807) is 12.1 Å². The summed E-state index contributed by atoms with van der Waals surface area (Å²) in [6, 6.07) is 14.2. The minimum atomic E-state index is -2.61. The predicted molar refractivity (Wildman–Crippen MR) is 94.9 cm³/mol. The molecule has 4 rings (SSSR count). The Morgan fingerprint density at radius 3 is 2.29 bits per heavy atom. The maximum absolute atomic E-state index is 13.6. The molecular formula is C18H20FNO3S. The van der Waals surface area contributed by atoms with Gasteiger partial charge in [-0.2, -0.15) is 4.21 Å². The van der Waals surface area contributed by atoms with E-state index >= 15 is 0 Å². The summed E-state index contributed by atoms with van der Waals surface area (Å²) in [6.07, 6.45) is 6.44. The third kappa shape index (κ3) is 3.50. The summed E-state index contributed by atoms with van der Waals surface area (Å²) >= 11 is -2.61. The normalized spacial score (nSPS) is 15.7. The Balaban J connectivity index is 0.000000383. The van der Waals surface area contributed by atoms with Crippen molar-refractivity contribution >= 4 is 33.2 Å². The van der Waals surface area contributed by atoms with Gasteiger partial charge in [-0.3, -0.25) is 9.11 Å². The first kappa shape index (κ1) is 17.1. The standard InChI is InChI=1S/C18H18FN.H2O3S/c19-13-10-11-18-16(12-13)15-8-4-5-9-17(15)20(18)14-6-2-1-3-7-14;1-4(2)3/h4-5,8-12,14H,1-3,6-7H2;(H2,1,2,3). The second-order valence-electron chi connectivity index (χ2n) is 6.07. The highest BCUT2D eigenvalue weighted by Crippen LogP contribution is 2.37. The first-order valence-corrected chi connectivity index (χ1v) is 9.12. The van der Waals surface area contributed by atoms with Crippen LogP contribution in [0.15, 0.2) is 42.5 Å². The zero-order chi connectivity index (χ0) is 17.1. The van der Waals surface area contributed by atoms with Crippen LogP contribution in [-0.4, -0.2) is 17.9 Å². The molecule has 3 aromatic rings. The van der Waals surface area contributed by atoms with Crippen LogP contribution in [0.5, 0.6) is 0 Å². The minimum absolute atomic E-state index is 0.149. The lowest BCUT2D eigenvalue weighted by molar-refractivity contribution is 0.367. The van der Waals surface area contributed by atoms with Crippen LogP contribution in [0.4, 0.5) is 4.39 Å². The molecule has 0 saturated heterocycles. The second-order valence-corrected chi connectivity index (χ2v) is 6.53. The van der Waals surface area contributed by atoms with Gasteiger partial charge in [-0.25, -0.2) is 4.39 Å². The average Bonchev–Trinajstić information content (AvgIpc) is 2.89. The van der Waals surface area contributed by atoms with E-state index in [2.05, 4.69) is 22.8 Å². The molecule has 2 N–H and O–H groups in total. The largest absolute Gasteiger partial charge is 0.337 e. The summed E-state index contributed by atoms with van der Waals surface area (Å²) in [5.74, 6) is -0.149. The lowest BCUT2D eigenvalue weighted by Crippen LogP contribution is -2.12. The molecule has 1 aliphatic carbocycles. The number of fused-ring (bicyclic) bond motifs is 3. The van der Waals surface area contributed by atoms with Crippen LogP contribution in [0.3, 0.4) is 0 Å². The van der Waals surface area contributed by atoms with Gasteiger partial charge >= 0.3 is 0 Å². The maximum Gasteiger partial charge on any atom is 0.299 e. The summed E-state index contributed by atoms with van der Waals surface area (Å²) < 4.78 is 38.9. The first-order chi connectivity index (χ1) is 11.6. The Kier molecular flexibility index (Phi) is 5.28. The Bertz CT molecular complexity index is 867. The fourth-order valence-electron chi connectivity index (χ4n) is 3.71. The van der Waals surface area contributed by atoms with Crippen molar-refractivity contribution in [2.24, 2.45) is 0 Å². The molecule has 6 heteroatoms. The van der Waals surface area contributed by atoms with E-state index in [1.807, 2.05) is 12.1 Å². The molecule has 24 heavy (non-hydrogen) atoms. The Morgan fingerprint density at radius 2 is 1.58 bits per heavy atom. The van der Waals surface area contributed by atoms with Crippen molar-refractivity contribution in [2.45, 2.75) is 38.1 Å².